The summed E-state index contributed by atoms with van der Waals surface area (Å²) in [5.41, 5.74) is 13.8. The number of aromatic nitrogens is 2. The minimum Gasteiger partial charge on any atom is -0.254 e. The van der Waals surface area contributed by atoms with Crippen molar-refractivity contribution in [2.75, 3.05) is 0 Å². The van der Waals surface area contributed by atoms with Gasteiger partial charge in [0.05, 0.1) is 11.0 Å². The molecular formula is C38H22N2S. The van der Waals surface area contributed by atoms with E-state index in [1.807, 2.05) is 35.9 Å². The van der Waals surface area contributed by atoms with E-state index in [0.29, 0.717) is 0 Å². The van der Waals surface area contributed by atoms with Gasteiger partial charge in [0.2, 0.25) is 0 Å². The maximum absolute atomic E-state index is 4.85. The first-order valence-electron chi connectivity index (χ1n) is 13.8. The van der Waals surface area contributed by atoms with Crippen LogP contribution in [0.1, 0.15) is 0 Å². The fraction of sp³-hybridized carbons (Fsp3) is 0. The maximum Gasteiger partial charge on any atom is 0.0971 e. The zero-order chi connectivity index (χ0) is 26.9. The lowest BCUT2D eigenvalue weighted by atomic mass is 9.80. The van der Waals surface area contributed by atoms with Gasteiger partial charge in [-0.2, -0.15) is 0 Å². The molecule has 0 amide bonds. The van der Waals surface area contributed by atoms with Crippen LogP contribution in [-0.4, -0.2) is 9.97 Å². The molecule has 3 heteroatoms. The summed E-state index contributed by atoms with van der Waals surface area (Å²) in [5, 5.41) is 2.64. The molecule has 3 heterocycles. The molecule has 0 aliphatic heterocycles. The number of hydrogen-bond acceptors (Lipinski definition) is 3. The Bertz CT molecular complexity index is 2320. The summed E-state index contributed by atoms with van der Waals surface area (Å²) in [5.74, 6) is 0. The topological polar surface area (TPSA) is 25.8 Å². The van der Waals surface area contributed by atoms with E-state index in [2.05, 4.69) is 109 Å². The van der Waals surface area contributed by atoms with Gasteiger partial charge in [-0.15, -0.1) is 11.3 Å². The van der Waals surface area contributed by atoms with E-state index in [9.17, 15) is 0 Å². The van der Waals surface area contributed by atoms with Gasteiger partial charge in [-0.05, 0) is 68.8 Å². The average Bonchev–Trinajstić information content (AvgIpc) is 3.42. The van der Waals surface area contributed by atoms with Gasteiger partial charge >= 0.3 is 0 Å². The summed E-state index contributed by atoms with van der Waals surface area (Å²) < 4.78 is 2.66. The van der Waals surface area contributed by atoms with Crippen LogP contribution in [-0.2, 0) is 0 Å². The van der Waals surface area contributed by atoms with Crippen LogP contribution in [0.5, 0.6) is 0 Å². The number of hydrogen-bond donors (Lipinski definition) is 0. The molecule has 8 aromatic rings. The standard InChI is InChI=1S/C38H22N2S/c1-2-11-27-26(10-1)32-21-23(24-14-7-15-31-29-12-5-6-17-35(29)41-38(24)31)18-19-28(32)25-9-3-4-13-30(25)36-33(27)22-40-34-16-8-20-39-37(34)36/h1-22H. The molecule has 41 heavy (non-hydrogen) atoms. The fourth-order valence-electron chi connectivity index (χ4n) is 6.53. The summed E-state index contributed by atoms with van der Waals surface area (Å²) in [6.07, 6.45) is 3.90. The molecule has 0 saturated carbocycles. The van der Waals surface area contributed by atoms with Crippen LogP contribution < -0.4 is 0 Å². The second-order valence-corrected chi connectivity index (χ2v) is 11.6. The number of nitrogens with zero attached hydrogens (tertiary/aromatic N) is 2. The lowest BCUT2D eigenvalue weighted by Crippen LogP contribution is -2.00. The van der Waals surface area contributed by atoms with Crippen LogP contribution >= 0.6 is 11.3 Å². The highest BCUT2D eigenvalue weighted by Crippen LogP contribution is 2.50. The van der Waals surface area contributed by atoms with Crippen molar-refractivity contribution in [2.24, 2.45) is 0 Å². The van der Waals surface area contributed by atoms with Crippen LogP contribution in [0.15, 0.2) is 134 Å². The molecule has 5 aromatic carbocycles. The number of pyridine rings is 2. The molecule has 0 radical (unpaired) electrons. The highest BCUT2D eigenvalue weighted by molar-refractivity contribution is 7.26. The van der Waals surface area contributed by atoms with Crippen LogP contribution in [0.3, 0.4) is 0 Å². The summed E-state index contributed by atoms with van der Waals surface area (Å²) in [7, 11) is 0. The quantitative estimate of drug-likeness (QED) is 0.208. The molecule has 3 aromatic heterocycles. The van der Waals surface area contributed by atoms with Crippen molar-refractivity contribution in [1.29, 1.82) is 0 Å². The Hall–Kier alpha value is -5.12. The van der Waals surface area contributed by atoms with Crippen molar-refractivity contribution in [3.05, 3.63) is 134 Å². The second-order valence-electron chi connectivity index (χ2n) is 10.6. The van der Waals surface area contributed by atoms with Gasteiger partial charge in [-0.3, -0.25) is 9.97 Å². The van der Waals surface area contributed by atoms with Crippen LogP contribution in [0.4, 0.5) is 0 Å². The molecule has 0 atom stereocenters. The van der Waals surface area contributed by atoms with Crippen molar-refractivity contribution in [3.8, 4) is 55.6 Å². The molecule has 0 bridgehead atoms. The van der Waals surface area contributed by atoms with Gasteiger partial charge in [0.25, 0.3) is 0 Å². The Morgan fingerprint density at radius 1 is 0.463 bits per heavy atom. The number of rotatable bonds is 1. The van der Waals surface area contributed by atoms with Gasteiger partial charge < -0.3 is 0 Å². The van der Waals surface area contributed by atoms with Crippen LogP contribution in [0.2, 0.25) is 0 Å². The lowest BCUT2D eigenvalue weighted by molar-refractivity contribution is 1.33. The second kappa shape index (κ2) is 8.69. The third kappa shape index (κ3) is 3.30. The lowest BCUT2D eigenvalue weighted by Gasteiger charge is -2.24. The number of fused-ring (bicyclic) bond motifs is 13. The summed E-state index contributed by atoms with van der Waals surface area (Å²) in [4.78, 5) is 9.69. The Labute approximate surface area is 241 Å². The fourth-order valence-corrected chi connectivity index (χ4v) is 7.77. The largest absolute Gasteiger partial charge is 0.254 e. The van der Waals surface area contributed by atoms with Gasteiger partial charge in [-0.1, -0.05) is 97.1 Å². The SMILES string of the molecule is c1ccc2c(c1)-c1cc(-c3cccc4c3sc3ccccc34)ccc1-c1ccccc1-c1c-2cnc2cccnc12. The normalized spacial score (nSPS) is 11.9. The third-order valence-electron chi connectivity index (χ3n) is 8.35. The van der Waals surface area contributed by atoms with Gasteiger partial charge in [0, 0.05) is 43.7 Å². The van der Waals surface area contributed by atoms with Crippen molar-refractivity contribution < 1.29 is 0 Å². The Morgan fingerprint density at radius 3 is 2.02 bits per heavy atom. The van der Waals surface area contributed by atoms with Crippen LogP contribution in [0.25, 0.3) is 86.8 Å². The van der Waals surface area contributed by atoms with E-state index >= 15 is 0 Å². The van der Waals surface area contributed by atoms with E-state index in [-0.39, 0.29) is 0 Å². The zero-order valence-corrected chi connectivity index (χ0v) is 22.8. The molecule has 190 valence electrons. The van der Waals surface area contributed by atoms with Gasteiger partial charge in [-0.25, -0.2) is 0 Å². The van der Waals surface area contributed by atoms with Crippen LogP contribution in [0, 0.1) is 0 Å². The van der Waals surface area contributed by atoms with E-state index in [4.69, 9.17) is 9.97 Å². The Morgan fingerprint density at radius 2 is 1.15 bits per heavy atom. The molecule has 0 N–H and O–H groups in total. The van der Waals surface area contributed by atoms with Crippen molar-refractivity contribution in [2.45, 2.75) is 0 Å². The molecule has 0 unspecified atom stereocenters. The van der Waals surface area contributed by atoms with E-state index in [0.717, 1.165) is 22.2 Å². The number of thiophene rings is 1. The van der Waals surface area contributed by atoms with Crippen molar-refractivity contribution in [1.82, 2.24) is 9.97 Å². The minimum absolute atomic E-state index is 0.908. The molecule has 0 saturated heterocycles. The first-order chi connectivity index (χ1) is 20.3. The molecule has 0 spiro atoms. The summed E-state index contributed by atoms with van der Waals surface area (Å²) in [6.45, 7) is 0. The highest BCUT2D eigenvalue weighted by Gasteiger charge is 2.24. The predicted molar refractivity (Wildman–Crippen MR) is 173 cm³/mol. The highest BCUT2D eigenvalue weighted by atomic mass is 32.1. The van der Waals surface area contributed by atoms with Gasteiger partial charge in [0.15, 0.2) is 0 Å². The first-order valence-corrected chi connectivity index (χ1v) is 14.6. The van der Waals surface area contributed by atoms with E-state index in [1.165, 1.54) is 64.7 Å². The van der Waals surface area contributed by atoms with Gasteiger partial charge in [0.1, 0.15) is 0 Å². The third-order valence-corrected chi connectivity index (χ3v) is 9.57. The number of benzene rings is 5. The Balaban J connectivity index is 1.37. The van der Waals surface area contributed by atoms with Crippen molar-refractivity contribution in [3.63, 3.8) is 0 Å². The van der Waals surface area contributed by atoms with E-state index < -0.39 is 0 Å². The molecule has 1 aliphatic carbocycles. The molecule has 0 fully saturated rings. The molecular weight excluding hydrogens is 516 g/mol. The predicted octanol–water partition coefficient (Wildman–Crippen LogP) is 10.6. The maximum atomic E-state index is 4.85. The Kier molecular flexibility index (Phi) is 4.80. The van der Waals surface area contributed by atoms with Crippen molar-refractivity contribution >= 4 is 42.5 Å². The summed E-state index contributed by atoms with van der Waals surface area (Å²) >= 11 is 1.88. The molecule has 9 rings (SSSR count). The monoisotopic (exact) mass is 538 g/mol. The smallest absolute Gasteiger partial charge is 0.0971 e. The molecule has 1 aliphatic rings. The van der Waals surface area contributed by atoms with E-state index in [1.54, 1.807) is 0 Å². The average molecular weight is 539 g/mol. The zero-order valence-electron chi connectivity index (χ0n) is 22.0. The first kappa shape index (κ1) is 22.7. The minimum atomic E-state index is 0.908. The summed E-state index contributed by atoms with van der Waals surface area (Å²) in [6, 6.07) is 43.9. The molecule has 2 nitrogen and oxygen atoms in total.